The Kier molecular flexibility index (Phi) is 12.0. The number of nitrogens with zero attached hydrogens (tertiary/aromatic N) is 7. The quantitative estimate of drug-likeness (QED) is 0.304. The predicted octanol–water partition coefficient (Wildman–Crippen LogP) is 4.90. The normalized spacial score (nSPS) is 12.0. The van der Waals surface area contributed by atoms with Crippen molar-refractivity contribution in [3.8, 4) is 22.8 Å². The van der Waals surface area contributed by atoms with Crippen molar-refractivity contribution < 1.29 is 14.3 Å². The predicted molar refractivity (Wildman–Crippen MR) is 145 cm³/mol. The zero-order chi connectivity index (χ0) is 24.4. The van der Waals surface area contributed by atoms with Gasteiger partial charge in [0, 0.05) is 24.3 Å². The van der Waals surface area contributed by atoms with Crippen LogP contribution in [0.3, 0.4) is 0 Å². The molecule has 12 heteroatoms. The number of aryl methyl sites for hydroxylation is 2. The van der Waals surface area contributed by atoms with Crippen LogP contribution in [0.5, 0.6) is 0 Å². The number of halogens is 2. The topological polar surface area (TPSA) is 102 Å². The SMILES string of the molecule is CCN1C(=O)CNc2ncc(-c3ccc(-c4ncn(CC)n4)nc3C)nc21.[CH2-]CC.[I][V][I]. The summed E-state index contributed by atoms with van der Waals surface area (Å²) in [5.74, 6) is 1.75. The molecule has 0 aromatic carbocycles. The van der Waals surface area contributed by atoms with Crippen molar-refractivity contribution in [1.29, 1.82) is 0 Å². The number of nitrogens with one attached hydrogen (secondary N) is 1. The molecule has 1 N–H and O–H groups in total. The van der Waals surface area contributed by atoms with E-state index in [0.29, 0.717) is 44.9 Å². The Bertz CT molecular complexity index is 1060. The van der Waals surface area contributed by atoms with Crippen molar-refractivity contribution in [3.63, 3.8) is 0 Å². The van der Waals surface area contributed by atoms with E-state index in [9.17, 15) is 4.79 Å². The zero-order valence-corrected chi connectivity index (χ0v) is 24.8. The molecule has 0 saturated heterocycles. The van der Waals surface area contributed by atoms with E-state index in [0.717, 1.165) is 24.2 Å². The van der Waals surface area contributed by atoms with Crippen molar-refractivity contribution in [2.45, 2.75) is 40.7 Å². The molecular weight excluding hydrogens is 685 g/mol. The van der Waals surface area contributed by atoms with Crippen molar-refractivity contribution in [2.24, 2.45) is 0 Å². The van der Waals surface area contributed by atoms with Gasteiger partial charge in [0.05, 0.1) is 18.4 Å². The van der Waals surface area contributed by atoms with Crippen LogP contribution in [0.15, 0.2) is 24.7 Å². The van der Waals surface area contributed by atoms with Crippen LogP contribution < -0.4 is 10.2 Å². The minimum absolute atomic E-state index is 0.0146. The molecular formula is C21H27I2N8OV-. The van der Waals surface area contributed by atoms with Crippen LogP contribution in [-0.4, -0.2) is 48.7 Å². The van der Waals surface area contributed by atoms with Crippen LogP contribution in [0.4, 0.5) is 11.6 Å². The fraction of sp³-hybridized carbons (Fsp3) is 0.381. The molecule has 0 unspecified atom stereocenters. The monoisotopic (exact) mass is 712 g/mol. The number of amides is 1. The maximum atomic E-state index is 12.1. The molecule has 1 aliphatic rings. The third kappa shape index (κ3) is 7.33. The van der Waals surface area contributed by atoms with E-state index in [1.165, 1.54) is 0 Å². The van der Waals surface area contributed by atoms with Crippen LogP contribution in [-0.2, 0) is 20.8 Å². The van der Waals surface area contributed by atoms with E-state index in [4.69, 9.17) is 0 Å². The van der Waals surface area contributed by atoms with Crippen LogP contribution in [0.25, 0.3) is 22.8 Å². The molecule has 4 heterocycles. The van der Waals surface area contributed by atoms with Gasteiger partial charge in [0.25, 0.3) is 0 Å². The van der Waals surface area contributed by atoms with E-state index in [-0.39, 0.29) is 12.5 Å². The Balaban J connectivity index is 0.000000582. The summed E-state index contributed by atoms with van der Waals surface area (Å²) in [6, 6.07) is 3.81. The Labute approximate surface area is 223 Å². The van der Waals surface area contributed by atoms with Crippen molar-refractivity contribution >= 4 is 57.5 Å². The summed E-state index contributed by atoms with van der Waals surface area (Å²) in [4.78, 5) is 31.8. The summed E-state index contributed by atoms with van der Waals surface area (Å²) in [6.07, 6.45) is 4.39. The van der Waals surface area contributed by atoms with Crippen molar-refractivity contribution in [3.05, 3.63) is 37.3 Å². The summed E-state index contributed by atoms with van der Waals surface area (Å²) in [5.41, 5.74) is 3.04. The van der Waals surface area contributed by atoms with Gasteiger partial charge in [0.15, 0.2) is 17.5 Å². The number of hydrogen-bond acceptors (Lipinski definition) is 7. The van der Waals surface area contributed by atoms with Gasteiger partial charge in [-0.05, 0) is 32.9 Å². The minimum atomic E-state index is -0.0146. The van der Waals surface area contributed by atoms with Gasteiger partial charge in [-0.25, -0.2) is 19.9 Å². The molecule has 0 saturated carbocycles. The van der Waals surface area contributed by atoms with Gasteiger partial charge in [0.1, 0.15) is 12.0 Å². The number of hydrogen-bond donors (Lipinski definition) is 1. The number of fused-ring (bicyclic) bond motifs is 1. The van der Waals surface area contributed by atoms with E-state index >= 15 is 0 Å². The summed E-state index contributed by atoms with van der Waals surface area (Å²) in [6.45, 7) is 12.9. The molecule has 3 aromatic heterocycles. The second kappa shape index (κ2) is 14.2. The molecule has 3 aromatic rings. The number of pyridine rings is 1. The molecule has 1 aliphatic heterocycles. The Morgan fingerprint density at radius 2 is 1.82 bits per heavy atom. The molecule has 177 valence electrons. The summed E-state index contributed by atoms with van der Waals surface area (Å²) in [7, 11) is 0.628. The average Bonchev–Trinajstić information content (AvgIpc) is 3.29. The van der Waals surface area contributed by atoms with Gasteiger partial charge in [-0.1, -0.05) is 6.92 Å². The van der Waals surface area contributed by atoms with Gasteiger partial charge in [-0.2, -0.15) is 6.42 Å². The first kappa shape index (κ1) is 27.9. The van der Waals surface area contributed by atoms with Gasteiger partial charge in [-0.3, -0.25) is 14.4 Å². The fourth-order valence-electron chi connectivity index (χ4n) is 3.04. The number of carbonyl (C=O) groups excluding carboxylic acids is 1. The number of likely N-dealkylation sites (N-methyl/N-ethyl adjacent to an activating group) is 1. The average molecular weight is 712 g/mol. The molecule has 1 amide bonds. The van der Waals surface area contributed by atoms with Gasteiger partial charge < -0.3 is 12.2 Å². The molecule has 4 rings (SSSR count). The Morgan fingerprint density at radius 1 is 1.12 bits per heavy atom. The van der Waals surface area contributed by atoms with E-state index in [1.54, 1.807) is 22.1 Å². The second-order valence-electron chi connectivity index (χ2n) is 6.74. The molecule has 0 spiro atoms. The van der Waals surface area contributed by atoms with Crippen LogP contribution in [0.1, 0.15) is 32.9 Å². The molecule has 0 bridgehead atoms. The first-order chi connectivity index (χ1) is 15.9. The van der Waals surface area contributed by atoms with Crippen LogP contribution in [0.2, 0.25) is 0 Å². The summed E-state index contributed by atoms with van der Waals surface area (Å²) in [5, 5.41) is 7.40. The molecule has 0 atom stereocenters. The fourth-order valence-corrected chi connectivity index (χ4v) is 3.04. The van der Waals surface area contributed by atoms with Crippen LogP contribution >= 0.6 is 40.0 Å². The number of anilines is 2. The van der Waals surface area contributed by atoms with E-state index in [2.05, 4.69) is 77.2 Å². The summed E-state index contributed by atoms with van der Waals surface area (Å²) < 4.78 is 1.76. The number of rotatable bonds is 4. The van der Waals surface area contributed by atoms with Crippen molar-refractivity contribution in [2.75, 3.05) is 23.3 Å². The molecule has 0 fully saturated rings. The molecule has 0 aliphatic carbocycles. The zero-order valence-electron chi connectivity index (χ0n) is 19.1. The standard InChI is InChI=1S/C18H20N8O.C3H7.2HI.V/c1-4-25-10-21-16(24-25)13-7-6-12(11(3)22-13)14-8-19-17-18(23-14)26(5-2)15(27)9-20-17;1-3-2;;;/h6-8,10H,4-5,9H2,1-3H3,(H,19,20);1,3H2,2H3;2*1H;/q;-1;;;+2/p-2. The van der Waals surface area contributed by atoms with Gasteiger partial charge >= 0.3 is 49.4 Å². The Hall–Kier alpha value is -1.32. The first-order valence-corrected chi connectivity index (χ1v) is 19.5. The van der Waals surface area contributed by atoms with Gasteiger partial charge in [-0.15, -0.1) is 5.10 Å². The van der Waals surface area contributed by atoms with Gasteiger partial charge in [0.2, 0.25) is 5.91 Å². The first-order valence-electron chi connectivity index (χ1n) is 10.4. The third-order valence-electron chi connectivity index (χ3n) is 4.49. The number of aromatic nitrogens is 6. The molecule has 33 heavy (non-hydrogen) atoms. The van der Waals surface area contributed by atoms with E-state index < -0.39 is 0 Å². The molecule has 9 nitrogen and oxygen atoms in total. The van der Waals surface area contributed by atoms with Crippen molar-refractivity contribution in [1.82, 2.24) is 29.7 Å². The summed E-state index contributed by atoms with van der Waals surface area (Å²) >= 11 is 4.74. The van der Waals surface area contributed by atoms with E-state index in [1.807, 2.05) is 39.8 Å². The number of carbonyl (C=O) groups is 1. The second-order valence-corrected chi connectivity index (χ2v) is 18.5. The maximum absolute atomic E-state index is 12.1. The Morgan fingerprint density at radius 3 is 2.39 bits per heavy atom. The van der Waals surface area contributed by atoms with Crippen LogP contribution in [0, 0.1) is 13.8 Å². The third-order valence-corrected chi connectivity index (χ3v) is 4.49. The molecule has 0 radical (unpaired) electrons.